The highest BCUT2D eigenvalue weighted by Gasteiger charge is 2.46. The molecule has 0 fully saturated rings. The Morgan fingerprint density at radius 2 is 1.74 bits per heavy atom. The van der Waals surface area contributed by atoms with Crippen molar-refractivity contribution in [3.05, 3.63) is 76.9 Å². The van der Waals surface area contributed by atoms with Crippen LogP contribution in [0.1, 0.15) is 33.3 Å². The minimum absolute atomic E-state index is 0.0656. The van der Waals surface area contributed by atoms with Crippen molar-refractivity contribution in [2.75, 3.05) is 11.9 Å². The summed E-state index contributed by atoms with van der Waals surface area (Å²) in [6, 6.07) is 13.2. The van der Waals surface area contributed by atoms with Crippen molar-refractivity contribution < 1.29 is 18.9 Å². The van der Waals surface area contributed by atoms with Gasteiger partial charge in [0.05, 0.1) is 15.5 Å². The van der Waals surface area contributed by atoms with Crippen molar-refractivity contribution in [2.24, 2.45) is 0 Å². The van der Waals surface area contributed by atoms with E-state index in [0.29, 0.717) is 5.75 Å². The van der Waals surface area contributed by atoms with E-state index in [1.54, 1.807) is 11.1 Å². The summed E-state index contributed by atoms with van der Waals surface area (Å²) in [6.07, 6.45) is 7.53. The van der Waals surface area contributed by atoms with Gasteiger partial charge in [-0.1, -0.05) is 24.3 Å². The van der Waals surface area contributed by atoms with E-state index in [2.05, 4.69) is 34.4 Å². The lowest BCUT2D eigenvalue weighted by Crippen LogP contribution is -2.27. The van der Waals surface area contributed by atoms with E-state index in [-0.39, 0.29) is 17.3 Å². The van der Waals surface area contributed by atoms with Crippen molar-refractivity contribution in [3.63, 3.8) is 0 Å². The largest absolute Gasteiger partial charge is 0.426 e. The van der Waals surface area contributed by atoms with E-state index in [4.69, 9.17) is 4.74 Å². The predicted molar refractivity (Wildman–Crippen MR) is 127 cm³/mol. The number of allylic oxidation sites excluding steroid dienone is 3. The summed E-state index contributed by atoms with van der Waals surface area (Å²) < 4.78 is 8.52. The molecule has 5 nitrogen and oxygen atoms in total. The first-order valence-corrected chi connectivity index (χ1v) is 10.8. The molecule has 0 aromatic heterocycles. The van der Waals surface area contributed by atoms with Gasteiger partial charge in [-0.05, 0) is 60.1 Å². The Morgan fingerprint density at radius 1 is 1.06 bits per heavy atom. The van der Waals surface area contributed by atoms with Crippen LogP contribution in [0, 0.1) is 0 Å². The number of esters is 1. The number of para-hydroxylation sites is 1. The molecule has 2 aromatic carbocycles. The van der Waals surface area contributed by atoms with Crippen molar-refractivity contribution in [1.29, 1.82) is 0 Å². The van der Waals surface area contributed by atoms with Gasteiger partial charge >= 0.3 is 5.97 Å². The fourth-order valence-corrected chi connectivity index (χ4v) is 4.55. The highest BCUT2D eigenvalue weighted by atomic mass is 79.9. The number of rotatable bonds is 5. The Bertz CT molecular complexity index is 1120. The number of benzene rings is 2. The third-order valence-electron chi connectivity index (χ3n) is 5.28. The zero-order valence-electron chi connectivity index (χ0n) is 18.3. The SMILES string of the molecule is CC(=O)Oc1ccc(Br)c2c1C(C)(C)C(/C=C/C=C/N(C(C)=O)c1ccccc1)=[N+]2C. The number of halogens is 1. The zero-order valence-corrected chi connectivity index (χ0v) is 19.9. The molecule has 6 heteroatoms. The molecule has 31 heavy (non-hydrogen) atoms. The van der Waals surface area contributed by atoms with Crippen LogP contribution in [0.5, 0.6) is 5.75 Å². The molecule has 0 bridgehead atoms. The average Bonchev–Trinajstić information content (AvgIpc) is 2.91. The highest BCUT2D eigenvalue weighted by molar-refractivity contribution is 9.10. The lowest BCUT2D eigenvalue weighted by molar-refractivity contribution is -0.402. The molecule has 1 heterocycles. The fraction of sp³-hybridized carbons (Fsp3) is 0.240. The quantitative estimate of drug-likeness (QED) is 0.245. The van der Waals surface area contributed by atoms with Crippen LogP contribution in [0.25, 0.3) is 0 Å². The molecule has 0 unspecified atom stereocenters. The van der Waals surface area contributed by atoms with Gasteiger partial charge in [0.15, 0.2) is 5.71 Å². The van der Waals surface area contributed by atoms with E-state index in [1.165, 1.54) is 13.8 Å². The van der Waals surface area contributed by atoms with E-state index >= 15 is 0 Å². The van der Waals surface area contributed by atoms with Crippen LogP contribution in [0.15, 0.2) is 71.4 Å². The minimum Gasteiger partial charge on any atom is -0.426 e. The molecule has 0 aliphatic carbocycles. The van der Waals surface area contributed by atoms with Crippen LogP contribution >= 0.6 is 15.9 Å². The monoisotopic (exact) mass is 481 g/mol. The molecule has 0 saturated carbocycles. The molecule has 3 rings (SSSR count). The van der Waals surface area contributed by atoms with Crippen molar-refractivity contribution >= 4 is 44.9 Å². The second kappa shape index (κ2) is 9.02. The van der Waals surface area contributed by atoms with Gasteiger partial charge in [0, 0.05) is 31.8 Å². The number of hydrogen-bond acceptors (Lipinski definition) is 3. The van der Waals surface area contributed by atoms with E-state index in [0.717, 1.165) is 27.1 Å². The van der Waals surface area contributed by atoms with E-state index in [9.17, 15) is 9.59 Å². The lowest BCUT2D eigenvalue weighted by atomic mass is 9.81. The maximum Gasteiger partial charge on any atom is 0.308 e. The minimum atomic E-state index is -0.386. The van der Waals surface area contributed by atoms with Gasteiger partial charge < -0.3 is 4.74 Å². The number of ether oxygens (including phenoxy) is 1. The summed E-state index contributed by atoms with van der Waals surface area (Å²) in [6.45, 7) is 7.14. The smallest absolute Gasteiger partial charge is 0.308 e. The second-order valence-electron chi connectivity index (χ2n) is 7.86. The van der Waals surface area contributed by atoms with Gasteiger partial charge in [0.1, 0.15) is 12.8 Å². The zero-order chi connectivity index (χ0) is 22.8. The standard InChI is InChI=1S/C25H26BrN2O3/c1-17(29)28(19-11-7-6-8-12-19)16-10-9-13-22-25(3,4)23-21(31-18(2)30)15-14-20(26)24(23)27(22)5/h6-16H,1-5H3/q+1. The van der Waals surface area contributed by atoms with Crippen molar-refractivity contribution in [3.8, 4) is 5.75 Å². The molecule has 160 valence electrons. The van der Waals surface area contributed by atoms with Crippen molar-refractivity contribution in [1.82, 2.24) is 0 Å². The van der Waals surface area contributed by atoms with Gasteiger partial charge in [-0.3, -0.25) is 14.5 Å². The topological polar surface area (TPSA) is 49.6 Å². The Morgan fingerprint density at radius 3 is 2.35 bits per heavy atom. The van der Waals surface area contributed by atoms with Crippen LogP contribution in [-0.4, -0.2) is 29.2 Å². The predicted octanol–water partition coefficient (Wildman–Crippen LogP) is 5.50. The summed E-state index contributed by atoms with van der Waals surface area (Å²) in [5.74, 6) is 0.151. The summed E-state index contributed by atoms with van der Waals surface area (Å²) in [5, 5.41) is 0. The maximum absolute atomic E-state index is 12.1. The third-order valence-corrected chi connectivity index (χ3v) is 5.92. The molecule has 0 N–H and O–H groups in total. The van der Waals surface area contributed by atoms with Crippen LogP contribution in [0.3, 0.4) is 0 Å². The van der Waals surface area contributed by atoms with Crippen LogP contribution in [0.2, 0.25) is 0 Å². The Hall–Kier alpha value is -2.99. The van der Waals surface area contributed by atoms with Gasteiger partial charge in [0.25, 0.3) is 0 Å². The van der Waals surface area contributed by atoms with Gasteiger partial charge in [0.2, 0.25) is 11.6 Å². The third kappa shape index (κ3) is 4.54. The lowest BCUT2D eigenvalue weighted by Gasteiger charge is -2.18. The first kappa shape index (κ1) is 22.7. The van der Waals surface area contributed by atoms with E-state index < -0.39 is 0 Å². The van der Waals surface area contributed by atoms with Crippen molar-refractivity contribution in [2.45, 2.75) is 33.1 Å². The number of carbonyl (C=O) groups is 2. The summed E-state index contributed by atoms with van der Waals surface area (Å²) in [5.41, 5.74) is 3.40. The van der Waals surface area contributed by atoms with Gasteiger partial charge in [-0.15, -0.1) is 0 Å². The number of anilines is 1. The van der Waals surface area contributed by atoms with Gasteiger partial charge in [-0.25, -0.2) is 0 Å². The maximum atomic E-state index is 12.1. The Kier molecular flexibility index (Phi) is 6.60. The molecule has 0 saturated heterocycles. The second-order valence-corrected chi connectivity index (χ2v) is 8.71. The molecule has 0 spiro atoms. The molecule has 1 aliphatic heterocycles. The van der Waals surface area contributed by atoms with Crippen LogP contribution < -0.4 is 9.64 Å². The molecule has 2 aromatic rings. The molecule has 0 atom stereocenters. The molecular weight excluding hydrogens is 456 g/mol. The van der Waals surface area contributed by atoms with Crippen LogP contribution in [0.4, 0.5) is 11.4 Å². The Balaban J connectivity index is 1.93. The van der Waals surface area contributed by atoms with Crippen LogP contribution in [-0.2, 0) is 15.0 Å². The highest BCUT2D eigenvalue weighted by Crippen LogP contribution is 2.48. The normalized spacial score (nSPS) is 14.9. The molecule has 1 aliphatic rings. The first-order valence-electron chi connectivity index (χ1n) is 9.97. The number of hydrogen-bond donors (Lipinski definition) is 0. The summed E-state index contributed by atoms with van der Waals surface area (Å²) in [4.78, 5) is 25.3. The summed E-state index contributed by atoms with van der Waals surface area (Å²) in [7, 11) is 1.99. The fourth-order valence-electron chi connectivity index (χ4n) is 3.95. The number of carbonyl (C=O) groups excluding carboxylic acids is 2. The number of fused-ring (bicyclic) bond motifs is 1. The summed E-state index contributed by atoms with van der Waals surface area (Å²) >= 11 is 3.63. The van der Waals surface area contributed by atoms with E-state index in [1.807, 2.05) is 67.7 Å². The number of amides is 1. The number of nitrogens with zero attached hydrogens (tertiary/aromatic N) is 2. The average molecular weight is 482 g/mol. The molecule has 0 radical (unpaired) electrons. The van der Waals surface area contributed by atoms with Gasteiger partial charge in [-0.2, -0.15) is 4.58 Å². The molecule has 1 amide bonds. The molecular formula is C25H26BrN2O3+. The first-order chi connectivity index (χ1) is 14.6. The Labute approximate surface area is 191 Å².